The third-order valence-electron chi connectivity index (χ3n) is 10.3. The van der Waals surface area contributed by atoms with E-state index in [1.807, 2.05) is 26.8 Å². The maximum absolute atomic E-state index is 12.9. The molecule has 0 spiro atoms. The van der Waals surface area contributed by atoms with Crippen LogP contribution in [-0.4, -0.2) is 35.2 Å². The van der Waals surface area contributed by atoms with E-state index in [0.29, 0.717) is 30.0 Å². The topological polar surface area (TPSA) is 94.1 Å². The van der Waals surface area contributed by atoms with Crippen LogP contribution in [0.2, 0.25) is 0 Å². The molecule has 7 atom stereocenters. The molecule has 0 heterocycles. The predicted octanol–water partition coefficient (Wildman–Crippen LogP) is 6.60. The highest BCUT2D eigenvalue weighted by atomic mass is 16.7. The molecule has 38 heavy (non-hydrogen) atoms. The summed E-state index contributed by atoms with van der Waals surface area (Å²) >= 11 is 0. The molecule has 7 nitrogen and oxygen atoms in total. The zero-order valence-electron chi connectivity index (χ0n) is 24.7. The van der Waals surface area contributed by atoms with Crippen molar-refractivity contribution in [3.05, 3.63) is 11.6 Å². The van der Waals surface area contributed by atoms with Crippen molar-refractivity contribution >= 4 is 23.6 Å². The lowest BCUT2D eigenvalue weighted by Crippen LogP contribution is -2.51. The Morgan fingerprint density at radius 3 is 2.42 bits per heavy atom. The molecule has 7 heteroatoms. The number of hydrogen-bond donors (Lipinski definition) is 1. The lowest BCUT2D eigenvalue weighted by molar-refractivity contribution is -0.147. The molecule has 0 aliphatic heterocycles. The van der Waals surface area contributed by atoms with Crippen molar-refractivity contribution in [2.24, 2.45) is 45.6 Å². The summed E-state index contributed by atoms with van der Waals surface area (Å²) in [4.78, 5) is 42.7. The minimum atomic E-state index is -0.837. The second-order valence-electron chi connectivity index (χ2n) is 14.2. The Morgan fingerprint density at radius 1 is 1.05 bits per heavy atom. The first kappa shape index (κ1) is 28.8. The van der Waals surface area contributed by atoms with Crippen LogP contribution < -0.4 is 5.32 Å². The van der Waals surface area contributed by atoms with Crippen LogP contribution >= 0.6 is 0 Å². The van der Waals surface area contributed by atoms with Gasteiger partial charge >= 0.3 is 12.1 Å². The molecule has 4 aliphatic rings. The van der Waals surface area contributed by atoms with Crippen molar-refractivity contribution in [1.82, 2.24) is 5.32 Å². The average Bonchev–Trinajstić information content (AvgIpc) is 3.17. The maximum atomic E-state index is 12.9. The number of nitrogens with zero attached hydrogens (tertiary/aromatic N) is 1. The van der Waals surface area contributed by atoms with Crippen molar-refractivity contribution in [2.45, 2.75) is 118 Å². The van der Waals surface area contributed by atoms with Gasteiger partial charge in [0.2, 0.25) is 0 Å². The first-order chi connectivity index (χ1) is 17.7. The van der Waals surface area contributed by atoms with Crippen molar-refractivity contribution < 1.29 is 24.0 Å². The molecule has 212 valence electrons. The van der Waals surface area contributed by atoms with Gasteiger partial charge in [-0.25, -0.2) is 9.59 Å². The van der Waals surface area contributed by atoms with Gasteiger partial charge in [-0.3, -0.25) is 4.79 Å². The zero-order valence-corrected chi connectivity index (χ0v) is 24.7. The highest BCUT2D eigenvalue weighted by Crippen LogP contribution is 2.66. The summed E-state index contributed by atoms with van der Waals surface area (Å²) in [6.45, 7) is 15.9. The summed E-state index contributed by atoms with van der Waals surface area (Å²) in [6, 6.07) is -0.837. The Balaban J connectivity index is 1.44. The van der Waals surface area contributed by atoms with Crippen LogP contribution in [0.5, 0.6) is 0 Å². The molecule has 0 bridgehead atoms. The molecule has 0 radical (unpaired) electrons. The number of carbonyl (C=O) groups is 3. The quantitative estimate of drug-likeness (QED) is 0.246. The van der Waals surface area contributed by atoms with Crippen LogP contribution in [0.3, 0.4) is 0 Å². The number of carbonyl (C=O) groups excluding carboxylic acids is 3. The van der Waals surface area contributed by atoms with E-state index in [1.165, 1.54) is 24.8 Å². The summed E-state index contributed by atoms with van der Waals surface area (Å²) < 4.78 is 5.32. The highest BCUT2D eigenvalue weighted by Gasteiger charge is 2.59. The third-order valence-corrected chi connectivity index (χ3v) is 10.3. The Morgan fingerprint density at radius 2 is 1.76 bits per heavy atom. The van der Waals surface area contributed by atoms with Gasteiger partial charge in [0.1, 0.15) is 11.6 Å². The summed E-state index contributed by atoms with van der Waals surface area (Å²) in [5, 5.41) is 7.00. The Bertz CT molecular complexity index is 1020. The molecule has 1 N–H and O–H groups in total. The minimum Gasteiger partial charge on any atom is -0.444 e. The van der Waals surface area contributed by atoms with Crippen molar-refractivity contribution in [3.63, 3.8) is 0 Å². The average molecular weight is 529 g/mol. The Kier molecular flexibility index (Phi) is 7.90. The van der Waals surface area contributed by atoms with E-state index in [-0.39, 0.29) is 22.7 Å². The molecule has 0 aromatic rings. The summed E-state index contributed by atoms with van der Waals surface area (Å²) in [5.74, 6) is 1.78. The lowest BCUT2D eigenvalue weighted by atomic mass is 9.46. The molecule has 3 fully saturated rings. The van der Waals surface area contributed by atoms with E-state index in [1.54, 1.807) is 20.8 Å². The van der Waals surface area contributed by atoms with E-state index in [2.05, 4.69) is 24.3 Å². The number of ketones is 1. The second kappa shape index (κ2) is 10.4. The van der Waals surface area contributed by atoms with Crippen LogP contribution in [0.1, 0.15) is 107 Å². The number of amides is 1. The third kappa shape index (κ3) is 5.44. The zero-order chi connectivity index (χ0) is 28.0. The SMILES string of the molecule is C/C(=N\OC(=O)[C@@H](NC(=O)OC(C)(C)C)C(C)C)[C@H]1CC[C@H]2[C@@H]3CCC4=CC(=O)CC[C@]4(C)[C@H]3CC[C@]12C. The fourth-order valence-corrected chi connectivity index (χ4v) is 8.42. The summed E-state index contributed by atoms with van der Waals surface area (Å²) in [5.41, 5.74) is 1.92. The van der Waals surface area contributed by atoms with Crippen LogP contribution in [0.4, 0.5) is 4.79 Å². The fourth-order valence-electron chi connectivity index (χ4n) is 8.42. The second-order valence-corrected chi connectivity index (χ2v) is 14.2. The van der Waals surface area contributed by atoms with Crippen LogP contribution in [0.25, 0.3) is 0 Å². The molecule has 1 amide bonds. The van der Waals surface area contributed by atoms with Gasteiger partial charge in [-0.1, -0.05) is 38.4 Å². The van der Waals surface area contributed by atoms with Crippen molar-refractivity contribution in [3.8, 4) is 0 Å². The molecule has 0 saturated heterocycles. The molecular weight excluding hydrogens is 480 g/mol. The summed E-state index contributed by atoms with van der Waals surface area (Å²) in [6.07, 6.45) is 9.77. The number of alkyl carbamates (subject to hydrolysis) is 1. The Labute approximate surface area is 228 Å². The molecule has 4 rings (SSSR count). The monoisotopic (exact) mass is 528 g/mol. The van der Waals surface area contributed by atoms with Crippen LogP contribution in [-0.2, 0) is 19.2 Å². The van der Waals surface area contributed by atoms with Gasteiger partial charge in [-0.2, -0.15) is 0 Å². The lowest BCUT2D eigenvalue weighted by Gasteiger charge is -2.58. The number of oxime groups is 1. The van der Waals surface area contributed by atoms with Gasteiger partial charge in [-0.05, 0) is 113 Å². The Hall–Kier alpha value is -2.18. The number of hydrogen-bond acceptors (Lipinski definition) is 6. The van der Waals surface area contributed by atoms with Gasteiger partial charge in [0, 0.05) is 12.3 Å². The minimum absolute atomic E-state index is 0.134. The van der Waals surface area contributed by atoms with Gasteiger partial charge in [0.15, 0.2) is 5.78 Å². The van der Waals surface area contributed by atoms with Crippen molar-refractivity contribution in [1.29, 1.82) is 0 Å². The number of ether oxygens (including phenoxy) is 1. The van der Waals surface area contributed by atoms with Gasteiger partial charge in [0.05, 0.1) is 5.71 Å². The van der Waals surface area contributed by atoms with E-state index < -0.39 is 23.7 Å². The van der Waals surface area contributed by atoms with Gasteiger partial charge in [0.25, 0.3) is 0 Å². The maximum Gasteiger partial charge on any atom is 0.408 e. The van der Waals surface area contributed by atoms with Crippen LogP contribution in [0, 0.1) is 40.4 Å². The predicted molar refractivity (Wildman–Crippen MR) is 147 cm³/mol. The molecule has 0 unspecified atom stereocenters. The van der Waals surface area contributed by atoms with Crippen molar-refractivity contribution in [2.75, 3.05) is 0 Å². The van der Waals surface area contributed by atoms with Gasteiger partial charge < -0.3 is 14.9 Å². The van der Waals surface area contributed by atoms with Crippen LogP contribution in [0.15, 0.2) is 16.8 Å². The van der Waals surface area contributed by atoms with Gasteiger partial charge in [-0.15, -0.1) is 0 Å². The standard InChI is InChI=1S/C31H48N2O5/c1-18(2)26(32-28(36)37-29(4,5)6)27(35)38-33-19(3)23-11-12-24-22-10-9-20-17-21(34)13-15-30(20,7)25(22)14-16-31(23,24)8/h17-18,22-26H,9-16H2,1-8H3,(H,32,36)/b33-19+/t22-,23+,24-,25-,26-,30-,31+/m0/s1. The molecule has 4 aliphatic carbocycles. The fraction of sp³-hybridized carbons (Fsp3) is 0.806. The number of allylic oxidation sites excluding steroid dienone is 1. The normalized spacial score (nSPS) is 36.0. The number of rotatable bonds is 5. The van der Waals surface area contributed by atoms with E-state index >= 15 is 0 Å². The first-order valence-electron chi connectivity index (χ1n) is 14.6. The molecule has 0 aromatic heterocycles. The number of fused-ring (bicyclic) bond motifs is 5. The number of nitrogens with one attached hydrogen (secondary N) is 1. The molecular formula is C31H48N2O5. The molecule has 3 saturated carbocycles. The highest BCUT2D eigenvalue weighted by molar-refractivity contribution is 5.91. The molecule has 0 aromatic carbocycles. The van der Waals surface area contributed by atoms with E-state index in [9.17, 15) is 14.4 Å². The van der Waals surface area contributed by atoms with E-state index in [0.717, 1.165) is 31.4 Å². The largest absolute Gasteiger partial charge is 0.444 e. The smallest absolute Gasteiger partial charge is 0.408 e. The summed E-state index contributed by atoms with van der Waals surface area (Å²) in [7, 11) is 0. The first-order valence-corrected chi connectivity index (χ1v) is 14.6. The van der Waals surface area contributed by atoms with E-state index in [4.69, 9.17) is 9.57 Å².